The van der Waals surface area contributed by atoms with Crippen molar-refractivity contribution in [2.45, 2.75) is 269 Å². The van der Waals surface area contributed by atoms with Gasteiger partial charge in [-0.1, -0.05) is 211 Å². The average molecular weight is 957 g/mol. The number of unbranched alkanes of at least 4 members (excludes halogenated alkanes) is 27. The van der Waals surface area contributed by atoms with Crippen LogP contribution >= 0.6 is 0 Å². The summed E-state index contributed by atoms with van der Waals surface area (Å²) in [5, 5.41) is 31.0. The van der Waals surface area contributed by atoms with Crippen LogP contribution in [0.25, 0.3) is 0 Å². The number of hydrogen-bond acceptors (Lipinski definition) is 11. The van der Waals surface area contributed by atoms with E-state index in [4.69, 9.17) is 18.9 Å². The Bertz CT molecular complexity index is 1350. The number of carbonyl (C=O) groups excluding carboxylic acids is 2. The summed E-state index contributed by atoms with van der Waals surface area (Å²) in [7, 11) is -4.61. The van der Waals surface area contributed by atoms with Gasteiger partial charge in [0.15, 0.2) is 12.4 Å². The van der Waals surface area contributed by atoms with E-state index in [1.54, 1.807) is 0 Å². The molecule has 0 aromatic rings. The second-order valence-electron chi connectivity index (χ2n) is 18.5. The maximum absolute atomic E-state index is 12.9. The summed E-state index contributed by atoms with van der Waals surface area (Å²) in [6.45, 7) is 3.67. The first-order chi connectivity index (χ1) is 32.0. The standard InChI is InChI=1S/C53H96O12S/c1-3-5-7-9-11-13-15-17-19-20-21-22-23-24-25-26-28-29-31-33-35-37-39-41-48(54)62-43-46(44-63-53-52(58)51(57)50(56)47(65-53)45-66(59,60)61)64-49(55)42-40-38-36-34-32-30-27-18-16-14-12-10-8-6-4-2/h6,8,12,14,18,27,46-47,50-53,56-58H,3-5,7,9-11,13,15-17,19-26,28-45H2,1-2H3,(H,59,60,61)/b8-6-,14-12-,27-18-. The zero-order valence-electron chi connectivity index (χ0n) is 41.6. The molecule has 0 aromatic heterocycles. The minimum atomic E-state index is -4.61. The van der Waals surface area contributed by atoms with Crippen LogP contribution in [0, 0.1) is 0 Å². The van der Waals surface area contributed by atoms with Gasteiger partial charge in [-0.05, 0) is 44.9 Å². The average Bonchev–Trinajstić information content (AvgIpc) is 3.28. The summed E-state index contributed by atoms with van der Waals surface area (Å²) in [5.41, 5.74) is 0. The maximum Gasteiger partial charge on any atom is 0.306 e. The topological polar surface area (TPSA) is 186 Å². The highest BCUT2D eigenvalue weighted by Gasteiger charge is 2.46. The third-order valence-corrected chi connectivity index (χ3v) is 13.0. The highest BCUT2D eigenvalue weighted by atomic mass is 32.2. The number of rotatable bonds is 45. The van der Waals surface area contributed by atoms with E-state index in [9.17, 15) is 37.9 Å². The number of hydrogen-bond donors (Lipinski definition) is 4. The molecule has 1 fully saturated rings. The molecular weight excluding hydrogens is 861 g/mol. The van der Waals surface area contributed by atoms with Crippen LogP contribution in [0.15, 0.2) is 36.5 Å². The maximum atomic E-state index is 12.9. The number of carbonyl (C=O) groups is 2. The van der Waals surface area contributed by atoms with Crippen molar-refractivity contribution in [3.63, 3.8) is 0 Å². The first-order valence-electron chi connectivity index (χ1n) is 26.5. The summed E-state index contributed by atoms with van der Waals surface area (Å²) < 4.78 is 54.2. The summed E-state index contributed by atoms with van der Waals surface area (Å²) >= 11 is 0. The van der Waals surface area contributed by atoms with Gasteiger partial charge in [-0.3, -0.25) is 14.1 Å². The third-order valence-electron chi connectivity index (χ3n) is 12.2. The van der Waals surface area contributed by atoms with Crippen LogP contribution in [0.3, 0.4) is 0 Å². The molecule has 0 aliphatic carbocycles. The molecule has 6 unspecified atom stereocenters. The van der Waals surface area contributed by atoms with Gasteiger partial charge in [0.2, 0.25) is 0 Å². The highest BCUT2D eigenvalue weighted by molar-refractivity contribution is 7.85. The normalized spacial score (nSPS) is 19.6. The quantitative estimate of drug-likeness (QED) is 0.0196. The van der Waals surface area contributed by atoms with Crippen molar-refractivity contribution >= 4 is 22.1 Å². The van der Waals surface area contributed by atoms with E-state index in [2.05, 4.69) is 50.3 Å². The van der Waals surface area contributed by atoms with Crippen molar-refractivity contribution in [2.75, 3.05) is 19.0 Å². The molecule has 0 bridgehead atoms. The lowest BCUT2D eigenvalue weighted by atomic mass is 10.00. The molecule has 0 aromatic carbocycles. The fourth-order valence-corrected chi connectivity index (χ4v) is 8.85. The van der Waals surface area contributed by atoms with Crippen LogP contribution in [-0.2, 0) is 38.7 Å². The molecule has 1 heterocycles. The van der Waals surface area contributed by atoms with Gasteiger partial charge in [0, 0.05) is 12.8 Å². The van der Waals surface area contributed by atoms with Crippen LogP contribution in [0.5, 0.6) is 0 Å². The Morgan fingerprint density at radius 3 is 1.42 bits per heavy atom. The molecule has 4 N–H and O–H groups in total. The SMILES string of the molecule is CC/C=C\C/C=C\C/C=C\CCCCCCCC(=O)OC(COC(=O)CCCCCCCCCCCCCCCCCCCCCCCCC)COC1OC(CS(=O)(=O)O)C(O)C(O)C1O. The summed E-state index contributed by atoms with van der Waals surface area (Å²) in [6.07, 6.45) is 42.0. The Morgan fingerprint density at radius 2 is 0.955 bits per heavy atom. The molecule has 66 heavy (non-hydrogen) atoms. The molecule has 1 aliphatic heterocycles. The van der Waals surface area contributed by atoms with E-state index in [0.717, 1.165) is 70.6 Å². The smallest absolute Gasteiger partial charge is 0.306 e. The van der Waals surface area contributed by atoms with Crippen molar-refractivity contribution in [3.8, 4) is 0 Å². The third kappa shape index (κ3) is 36.9. The zero-order valence-corrected chi connectivity index (χ0v) is 42.4. The largest absolute Gasteiger partial charge is 0.462 e. The van der Waals surface area contributed by atoms with E-state index in [0.29, 0.717) is 12.8 Å². The molecule has 0 spiro atoms. The molecule has 13 heteroatoms. The lowest BCUT2D eigenvalue weighted by Gasteiger charge is -2.40. The molecule has 0 saturated carbocycles. The molecule has 1 rings (SSSR count). The Balaban J connectivity index is 2.32. The number of allylic oxidation sites excluding steroid dienone is 6. The Hall–Kier alpha value is -2.13. The van der Waals surface area contributed by atoms with Crippen molar-refractivity contribution in [1.29, 1.82) is 0 Å². The van der Waals surface area contributed by atoms with Crippen molar-refractivity contribution in [2.24, 2.45) is 0 Å². The second kappa shape index (κ2) is 42.9. The molecule has 1 aliphatic rings. The first-order valence-corrected chi connectivity index (χ1v) is 28.2. The van der Waals surface area contributed by atoms with Crippen molar-refractivity contribution < 1.29 is 56.8 Å². The van der Waals surface area contributed by atoms with Gasteiger partial charge in [-0.25, -0.2) is 0 Å². The van der Waals surface area contributed by atoms with Crippen LogP contribution in [0.1, 0.15) is 232 Å². The molecule has 12 nitrogen and oxygen atoms in total. The predicted molar refractivity (Wildman–Crippen MR) is 266 cm³/mol. The first kappa shape index (κ1) is 61.9. The van der Waals surface area contributed by atoms with Gasteiger partial charge < -0.3 is 34.3 Å². The lowest BCUT2D eigenvalue weighted by molar-refractivity contribution is -0.297. The molecular formula is C53H96O12S. The van der Waals surface area contributed by atoms with Gasteiger partial charge >= 0.3 is 11.9 Å². The minimum absolute atomic E-state index is 0.146. The van der Waals surface area contributed by atoms with Gasteiger partial charge in [0.25, 0.3) is 10.1 Å². The van der Waals surface area contributed by atoms with Crippen LogP contribution in [0.4, 0.5) is 0 Å². The second-order valence-corrected chi connectivity index (χ2v) is 20.0. The summed E-state index contributed by atoms with van der Waals surface area (Å²) in [6, 6.07) is 0. The predicted octanol–water partition coefficient (Wildman–Crippen LogP) is 12.1. The molecule has 1 saturated heterocycles. The van der Waals surface area contributed by atoms with Gasteiger partial charge in [0.1, 0.15) is 36.8 Å². The molecule has 0 radical (unpaired) electrons. The Kier molecular flexibility index (Phi) is 40.3. The van der Waals surface area contributed by atoms with Crippen LogP contribution < -0.4 is 0 Å². The molecule has 6 atom stereocenters. The van der Waals surface area contributed by atoms with Gasteiger partial charge in [-0.15, -0.1) is 0 Å². The fourth-order valence-electron chi connectivity index (χ4n) is 8.16. The van der Waals surface area contributed by atoms with E-state index in [1.165, 1.54) is 122 Å². The highest BCUT2D eigenvalue weighted by Crippen LogP contribution is 2.24. The van der Waals surface area contributed by atoms with Crippen molar-refractivity contribution in [3.05, 3.63) is 36.5 Å². The minimum Gasteiger partial charge on any atom is -0.462 e. The van der Waals surface area contributed by atoms with Crippen LogP contribution in [-0.4, -0.2) is 96.0 Å². The van der Waals surface area contributed by atoms with Crippen LogP contribution in [0.2, 0.25) is 0 Å². The van der Waals surface area contributed by atoms with E-state index in [-0.39, 0.29) is 19.4 Å². The van der Waals surface area contributed by atoms with E-state index >= 15 is 0 Å². The van der Waals surface area contributed by atoms with E-state index < -0.39 is 71.2 Å². The van der Waals surface area contributed by atoms with Gasteiger partial charge in [-0.2, -0.15) is 8.42 Å². The Morgan fingerprint density at radius 1 is 0.530 bits per heavy atom. The molecule has 0 amide bonds. The zero-order chi connectivity index (χ0) is 48.4. The number of ether oxygens (including phenoxy) is 4. The van der Waals surface area contributed by atoms with E-state index in [1.807, 2.05) is 0 Å². The Labute approximate surface area is 401 Å². The number of aliphatic hydroxyl groups excluding tert-OH is 3. The number of esters is 2. The fraction of sp³-hybridized carbons (Fsp3) is 0.849. The van der Waals surface area contributed by atoms with Gasteiger partial charge in [0.05, 0.1) is 6.61 Å². The summed E-state index contributed by atoms with van der Waals surface area (Å²) in [5.74, 6) is -1.99. The number of aliphatic hydroxyl groups is 3. The monoisotopic (exact) mass is 957 g/mol. The summed E-state index contributed by atoms with van der Waals surface area (Å²) in [4.78, 5) is 25.5. The van der Waals surface area contributed by atoms with Crippen molar-refractivity contribution in [1.82, 2.24) is 0 Å². The molecule has 386 valence electrons. The lowest BCUT2D eigenvalue weighted by Crippen LogP contribution is -2.60.